The largest absolute Gasteiger partial charge is 0.477 e. The first kappa shape index (κ1) is 16.9. The Morgan fingerprint density at radius 3 is 2.52 bits per heavy atom. The zero-order valence-corrected chi connectivity index (χ0v) is 14.1. The topological polar surface area (TPSA) is 79.3 Å². The normalized spacial score (nSPS) is 10.4. The molecule has 0 aliphatic carbocycles. The van der Waals surface area contributed by atoms with Crippen molar-refractivity contribution in [3.8, 4) is 10.6 Å². The van der Waals surface area contributed by atoms with Gasteiger partial charge in [-0.3, -0.25) is 4.79 Å². The van der Waals surface area contributed by atoms with Gasteiger partial charge in [0.05, 0.1) is 10.6 Å². The van der Waals surface area contributed by atoms with Gasteiger partial charge >= 0.3 is 5.97 Å². The molecule has 126 valence electrons. The Bertz CT molecular complexity index is 890. The van der Waals surface area contributed by atoms with Crippen molar-refractivity contribution in [1.29, 1.82) is 0 Å². The summed E-state index contributed by atoms with van der Waals surface area (Å²) in [6.45, 7) is 0. The highest BCUT2D eigenvalue weighted by atomic mass is 32.1. The molecule has 0 radical (unpaired) electrons. The fourth-order valence-corrected chi connectivity index (χ4v) is 3.15. The second-order valence-corrected chi connectivity index (χ2v) is 6.49. The minimum absolute atomic E-state index is 0.106. The van der Waals surface area contributed by atoms with Crippen LogP contribution >= 0.6 is 11.3 Å². The first-order valence-corrected chi connectivity index (χ1v) is 8.58. The molecule has 3 rings (SSSR count). The second kappa shape index (κ2) is 7.72. The SMILES string of the molecule is O=C(CCc1ccccc1)Nc1cccc(-c2ccc(C(=O)O)s2)n1. The molecule has 25 heavy (non-hydrogen) atoms. The van der Waals surface area contributed by atoms with Crippen molar-refractivity contribution < 1.29 is 14.7 Å². The van der Waals surface area contributed by atoms with Gasteiger partial charge in [-0.1, -0.05) is 36.4 Å². The summed E-state index contributed by atoms with van der Waals surface area (Å²) in [7, 11) is 0. The number of hydrogen-bond acceptors (Lipinski definition) is 4. The molecule has 0 unspecified atom stereocenters. The molecule has 2 N–H and O–H groups in total. The molecule has 2 heterocycles. The number of rotatable bonds is 6. The number of nitrogens with zero attached hydrogens (tertiary/aromatic N) is 1. The number of amides is 1. The van der Waals surface area contributed by atoms with Crippen LogP contribution in [0.3, 0.4) is 0 Å². The van der Waals surface area contributed by atoms with Crippen LogP contribution in [0.4, 0.5) is 5.82 Å². The van der Waals surface area contributed by atoms with Crippen LogP contribution in [0.25, 0.3) is 10.6 Å². The van der Waals surface area contributed by atoms with Crippen molar-refractivity contribution in [3.05, 3.63) is 71.1 Å². The third kappa shape index (κ3) is 4.51. The molecule has 3 aromatic rings. The summed E-state index contributed by atoms with van der Waals surface area (Å²) in [6, 6.07) is 18.4. The van der Waals surface area contributed by atoms with Crippen LogP contribution in [0.15, 0.2) is 60.7 Å². The van der Waals surface area contributed by atoms with Crippen molar-refractivity contribution in [2.75, 3.05) is 5.32 Å². The van der Waals surface area contributed by atoms with Gasteiger partial charge in [0.2, 0.25) is 5.91 Å². The molecule has 0 bridgehead atoms. The number of carboxylic acid groups (broad SMARTS) is 1. The van der Waals surface area contributed by atoms with Crippen LogP contribution < -0.4 is 5.32 Å². The zero-order valence-electron chi connectivity index (χ0n) is 13.3. The van der Waals surface area contributed by atoms with E-state index in [1.807, 2.05) is 30.3 Å². The third-order valence-corrected chi connectivity index (χ3v) is 4.67. The highest BCUT2D eigenvalue weighted by Gasteiger charge is 2.10. The molecular weight excluding hydrogens is 336 g/mol. The van der Waals surface area contributed by atoms with Crippen LogP contribution in [0, 0.1) is 0 Å². The number of anilines is 1. The van der Waals surface area contributed by atoms with Gasteiger partial charge in [0, 0.05) is 6.42 Å². The molecule has 2 aromatic heterocycles. The number of carbonyl (C=O) groups excluding carboxylic acids is 1. The molecule has 0 saturated carbocycles. The number of aromatic nitrogens is 1. The predicted molar refractivity (Wildman–Crippen MR) is 97.9 cm³/mol. The Morgan fingerprint density at radius 1 is 1.00 bits per heavy atom. The van der Waals surface area contributed by atoms with Crippen LogP contribution in [-0.2, 0) is 11.2 Å². The number of pyridine rings is 1. The van der Waals surface area contributed by atoms with Gasteiger partial charge in [-0.2, -0.15) is 0 Å². The first-order chi connectivity index (χ1) is 12.1. The van der Waals surface area contributed by atoms with E-state index in [0.29, 0.717) is 24.4 Å². The summed E-state index contributed by atoms with van der Waals surface area (Å²) in [6.07, 6.45) is 1.04. The van der Waals surface area contributed by atoms with Crippen molar-refractivity contribution in [1.82, 2.24) is 4.98 Å². The van der Waals surface area contributed by atoms with Crippen LogP contribution in [0.2, 0.25) is 0 Å². The Morgan fingerprint density at radius 2 is 1.80 bits per heavy atom. The maximum atomic E-state index is 12.1. The minimum atomic E-state index is -0.957. The highest BCUT2D eigenvalue weighted by molar-refractivity contribution is 7.17. The first-order valence-electron chi connectivity index (χ1n) is 7.76. The van der Waals surface area contributed by atoms with Crippen molar-refractivity contribution >= 4 is 29.0 Å². The number of aromatic carboxylic acids is 1. The van der Waals surface area contributed by atoms with Gasteiger partial charge in [0.15, 0.2) is 0 Å². The molecule has 0 spiro atoms. The summed E-state index contributed by atoms with van der Waals surface area (Å²) in [5.41, 5.74) is 1.75. The molecule has 6 heteroatoms. The average Bonchev–Trinajstić information content (AvgIpc) is 3.12. The van der Waals surface area contributed by atoms with E-state index >= 15 is 0 Å². The Hall–Kier alpha value is -2.99. The fourth-order valence-electron chi connectivity index (χ4n) is 2.34. The number of thiophene rings is 1. The van der Waals surface area contributed by atoms with Gasteiger partial charge in [-0.25, -0.2) is 9.78 Å². The predicted octanol–water partition coefficient (Wildman–Crippen LogP) is 4.08. The lowest BCUT2D eigenvalue weighted by molar-refractivity contribution is -0.116. The lowest BCUT2D eigenvalue weighted by Gasteiger charge is -2.06. The van der Waals surface area contributed by atoms with Gasteiger partial charge in [0.25, 0.3) is 0 Å². The number of carbonyl (C=O) groups is 2. The Kier molecular flexibility index (Phi) is 5.20. The smallest absolute Gasteiger partial charge is 0.345 e. The molecular formula is C19H16N2O3S. The highest BCUT2D eigenvalue weighted by Crippen LogP contribution is 2.27. The van der Waals surface area contributed by atoms with Gasteiger partial charge in [0.1, 0.15) is 10.7 Å². The number of benzene rings is 1. The fraction of sp³-hybridized carbons (Fsp3) is 0.105. The van der Waals surface area contributed by atoms with Gasteiger partial charge < -0.3 is 10.4 Å². The lowest BCUT2D eigenvalue weighted by Crippen LogP contribution is -2.13. The summed E-state index contributed by atoms with van der Waals surface area (Å²) in [5, 5.41) is 11.8. The molecule has 0 aliphatic heterocycles. The third-order valence-electron chi connectivity index (χ3n) is 3.57. The molecule has 0 saturated heterocycles. The van der Waals surface area contributed by atoms with E-state index in [4.69, 9.17) is 5.11 Å². The maximum Gasteiger partial charge on any atom is 0.345 e. The molecule has 1 aromatic carbocycles. The van der Waals surface area contributed by atoms with Crippen molar-refractivity contribution in [2.45, 2.75) is 12.8 Å². The van der Waals surface area contributed by atoms with E-state index in [1.54, 1.807) is 30.3 Å². The van der Waals surface area contributed by atoms with E-state index in [9.17, 15) is 9.59 Å². The quantitative estimate of drug-likeness (QED) is 0.700. The summed E-state index contributed by atoms with van der Waals surface area (Å²) < 4.78 is 0. The molecule has 5 nitrogen and oxygen atoms in total. The Balaban J connectivity index is 1.64. The van der Waals surface area contributed by atoms with Crippen molar-refractivity contribution in [3.63, 3.8) is 0 Å². The van der Waals surface area contributed by atoms with E-state index in [0.717, 1.165) is 21.8 Å². The van der Waals surface area contributed by atoms with E-state index in [1.165, 1.54) is 0 Å². The van der Waals surface area contributed by atoms with Crippen LogP contribution in [0.1, 0.15) is 21.7 Å². The molecule has 0 aliphatic rings. The van der Waals surface area contributed by atoms with E-state index in [2.05, 4.69) is 10.3 Å². The average molecular weight is 352 g/mol. The number of nitrogens with one attached hydrogen (secondary N) is 1. The summed E-state index contributed by atoms with van der Waals surface area (Å²) >= 11 is 1.15. The molecule has 0 atom stereocenters. The molecule has 1 amide bonds. The Labute approximate surface area is 149 Å². The number of aryl methyl sites for hydroxylation is 1. The zero-order chi connectivity index (χ0) is 17.6. The van der Waals surface area contributed by atoms with Crippen LogP contribution in [-0.4, -0.2) is 22.0 Å². The minimum Gasteiger partial charge on any atom is -0.477 e. The van der Waals surface area contributed by atoms with E-state index < -0.39 is 5.97 Å². The number of hydrogen-bond donors (Lipinski definition) is 2. The van der Waals surface area contributed by atoms with Crippen molar-refractivity contribution in [2.24, 2.45) is 0 Å². The standard InChI is InChI=1S/C19H16N2O3S/c22-18(12-9-13-5-2-1-3-6-13)21-17-8-4-7-14(20-17)15-10-11-16(25-15)19(23)24/h1-8,10-11H,9,12H2,(H,23,24)(H,20,21,22). The number of carboxylic acids is 1. The lowest BCUT2D eigenvalue weighted by atomic mass is 10.1. The van der Waals surface area contributed by atoms with E-state index in [-0.39, 0.29) is 10.8 Å². The molecule has 0 fully saturated rings. The van der Waals surface area contributed by atoms with Gasteiger partial charge in [-0.05, 0) is 36.2 Å². The monoisotopic (exact) mass is 352 g/mol. The summed E-state index contributed by atoms with van der Waals surface area (Å²) in [4.78, 5) is 28.5. The van der Waals surface area contributed by atoms with Gasteiger partial charge in [-0.15, -0.1) is 11.3 Å². The summed E-state index contributed by atoms with van der Waals surface area (Å²) in [5.74, 6) is -0.603. The van der Waals surface area contributed by atoms with Crippen LogP contribution in [0.5, 0.6) is 0 Å². The second-order valence-electron chi connectivity index (χ2n) is 5.41. The maximum absolute atomic E-state index is 12.1.